The van der Waals surface area contributed by atoms with E-state index in [9.17, 15) is 47.9 Å². The van der Waals surface area contributed by atoms with E-state index in [1.807, 2.05) is 0 Å². The van der Waals surface area contributed by atoms with Crippen LogP contribution in [-0.4, -0.2) is 147 Å². The molecule has 2 heterocycles. The molecule has 2 aliphatic rings. The number of amides is 10. The summed E-state index contributed by atoms with van der Waals surface area (Å²) in [6, 6.07) is 11.4. The molecule has 2 aromatic rings. The van der Waals surface area contributed by atoms with Gasteiger partial charge in [-0.1, -0.05) is 110 Å². The topological polar surface area (TPSA) is 392 Å². The van der Waals surface area contributed by atoms with E-state index in [2.05, 4.69) is 73.8 Å². The number of hydrogen-bond acceptors (Lipinski definition) is 12. The number of guanidine groups is 2. The van der Waals surface area contributed by atoms with Crippen molar-refractivity contribution < 1.29 is 47.9 Å². The Balaban J connectivity index is 0.000000560. The van der Waals surface area contributed by atoms with Crippen molar-refractivity contribution in [3.63, 3.8) is 0 Å². The summed E-state index contributed by atoms with van der Waals surface area (Å²) >= 11 is 0. The SMILES string of the molecule is C.CC[C@@H]1NC(=O)[C@H](CCCNC(N)=NC)NC(=O)[C@](C)(NC(=O)C(C)C)CCNC(=O)[C@@H](c2ccccc2)NC1=O.CC[C@@H]1NC(=O)[C@H](CCCNC(N)=NC)NC(=O)[C@](C)(NC(=O)C(C)C)CCNC(=O)[C@H](c2ccccc2)NC1=O. The van der Waals surface area contributed by atoms with Crippen molar-refractivity contribution in [3.8, 4) is 0 Å². The highest BCUT2D eigenvalue weighted by Gasteiger charge is 2.41. The molecule has 0 spiro atoms. The molecule has 0 bridgehead atoms. The second kappa shape index (κ2) is 34.8. The van der Waals surface area contributed by atoms with Crippen molar-refractivity contribution in [2.24, 2.45) is 33.3 Å². The Morgan fingerprint density at radius 1 is 0.530 bits per heavy atom. The number of benzene rings is 2. The Hall–Kier alpha value is -8.32. The minimum absolute atomic E-state index is 0. The van der Waals surface area contributed by atoms with Crippen LogP contribution in [0.15, 0.2) is 70.6 Å². The van der Waals surface area contributed by atoms with Gasteiger partial charge in [0.1, 0.15) is 47.3 Å². The lowest BCUT2D eigenvalue weighted by Gasteiger charge is -2.33. The molecular weight excluding hydrogens is 1070 g/mol. The third-order valence-electron chi connectivity index (χ3n) is 13.8. The lowest BCUT2D eigenvalue weighted by Crippen LogP contribution is -2.63. The van der Waals surface area contributed by atoms with E-state index in [0.717, 1.165) is 0 Å². The predicted octanol–water partition coefficient (Wildman–Crippen LogP) is -0.187. The number of rotatable bonds is 16. The van der Waals surface area contributed by atoms with E-state index in [1.165, 1.54) is 0 Å². The number of hydrogen-bond donors (Lipinski definition) is 14. The molecule has 16 N–H and O–H groups in total. The number of nitrogens with two attached hydrogens (primary N) is 2. The van der Waals surface area contributed by atoms with E-state index >= 15 is 0 Å². The van der Waals surface area contributed by atoms with Crippen LogP contribution in [0.1, 0.15) is 137 Å². The largest absolute Gasteiger partial charge is 0.370 e. The summed E-state index contributed by atoms with van der Waals surface area (Å²) in [5.74, 6) is -5.35. The quantitative estimate of drug-likeness (QED) is 0.0589. The maximum Gasteiger partial charge on any atom is 0.247 e. The molecule has 0 saturated carbocycles. The summed E-state index contributed by atoms with van der Waals surface area (Å²) < 4.78 is 0. The second-order valence-electron chi connectivity index (χ2n) is 21.1. The minimum atomic E-state index is -1.44. The first kappa shape index (κ1) is 70.8. The molecule has 2 aromatic carbocycles. The first-order valence-corrected chi connectivity index (χ1v) is 27.9. The summed E-state index contributed by atoms with van der Waals surface area (Å²) in [5, 5.41) is 33.5. The van der Waals surface area contributed by atoms with Crippen LogP contribution in [0, 0.1) is 11.8 Å². The average molecular weight is 1160 g/mol. The average Bonchev–Trinajstić information content (AvgIpc) is 3.47. The van der Waals surface area contributed by atoms with E-state index in [4.69, 9.17) is 11.5 Å². The van der Waals surface area contributed by atoms with Gasteiger partial charge in [0.25, 0.3) is 0 Å². The Bertz CT molecular complexity index is 2390. The number of nitrogens with one attached hydrogen (secondary N) is 12. The number of carbonyl (C=O) groups excluding carboxylic acids is 10. The molecule has 0 unspecified atom stereocenters. The highest BCUT2D eigenvalue weighted by Crippen LogP contribution is 2.19. The maximum atomic E-state index is 13.6. The van der Waals surface area contributed by atoms with E-state index in [1.54, 1.807) is 130 Å². The molecule has 2 saturated heterocycles. The Morgan fingerprint density at radius 3 is 1.16 bits per heavy atom. The van der Waals surface area contributed by atoms with E-state index in [-0.39, 0.29) is 82.8 Å². The summed E-state index contributed by atoms with van der Waals surface area (Å²) in [5.41, 5.74) is 9.59. The van der Waals surface area contributed by atoms with Crippen molar-refractivity contribution in [2.45, 2.75) is 162 Å². The highest BCUT2D eigenvalue weighted by molar-refractivity contribution is 5.99. The predicted molar refractivity (Wildman–Crippen MR) is 317 cm³/mol. The molecule has 4 rings (SSSR count). The molecule has 83 heavy (non-hydrogen) atoms. The monoisotopic (exact) mass is 1160 g/mol. The molecule has 8 atom stereocenters. The van der Waals surface area contributed by atoms with Gasteiger partial charge in [-0.25, -0.2) is 0 Å². The summed E-state index contributed by atoms with van der Waals surface area (Å²) in [4.78, 5) is 140. The van der Waals surface area contributed by atoms with Crippen LogP contribution < -0.4 is 75.3 Å². The first-order chi connectivity index (χ1) is 38.8. The van der Waals surface area contributed by atoms with Crippen LogP contribution in [0.25, 0.3) is 0 Å². The Kier molecular flexibility index (Phi) is 29.7. The van der Waals surface area contributed by atoms with Gasteiger partial charge in [0.05, 0.1) is 0 Å². The van der Waals surface area contributed by atoms with E-state index in [0.29, 0.717) is 37.1 Å². The molecule has 0 aliphatic carbocycles. The van der Waals surface area contributed by atoms with Gasteiger partial charge in [-0.15, -0.1) is 0 Å². The summed E-state index contributed by atoms with van der Waals surface area (Å²) in [6.07, 6.45) is 1.89. The fourth-order valence-corrected chi connectivity index (χ4v) is 8.38. The van der Waals surface area contributed by atoms with Crippen molar-refractivity contribution in [2.75, 3.05) is 40.3 Å². The summed E-state index contributed by atoms with van der Waals surface area (Å²) in [6.45, 7) is 14.2. The number of carbonyl (C=O) groups is 10. The van der Waals surface area contributed by atoms with Crippen LogP contribution in [-0.2, 0) is 47.9 Å². The maximum absolute atomic E-state index is 13.6. The van der Waals surface area contributed by atoms with Crippen LogP contribution in [0.4, 0.5) is 0 Å². The van der Waals surface area contributed by atoms with Crippen LogP contribution in [0.5, 0.6) is 0 Å². The lowest BCUT2D eigenvalue weighted by molar-refractivity contribution is -0.138. The van der Waals surface area contributed by atoms with Gasteiger partial charge in [-0.3, -0.25) is 57.9 Å². The fourth-order valence-electron chi connectivity index (χ4n) is 8.38. The Morgan fingerprint density at radius 2 is 0.855 bits per heavy atom. The second-order valence-corrected chi connectivity index (χ2v) is 21.1. The third-order valence-corrected chi connectivity index (χ3v) is 13.8. The first-order valence-electron chi connectivity index (χ1n) is 27.9. The zero-order valence-electron chi connectivity index (χ0n) is 49.0. The molecule has 0 aromatic heterocycles. The van der Waals surface area contributed by atoms with Gasteiger partial charge in [-0.05, 0) is 76.3 Å². The molecule has 2 fully saturated rings. The fraction of sp³-hybridized carbons (Fsp3) is 0.579. The van der Waals surface area contributed by atoms with Gasteiger partial charge >= 0.3 is 0 Å². The zero-order chi connectivity index (χ0) is 61.2. The van der Waals surface area contributed by atoms with E-state index < -0.39 is 106 Å². The van der Waals surface area contributed by atoms with Gasteiger partial charge in [0, 0.05) is 52.1 Å². The smallest absolute Gasteiger partial charge is 0.247 e. The van der Waals surface area contributed by atoms with Crippen molar-refractivity contribution in [3.05, 3.63) is 71.8 Å². The molecule has 10 amide bonds. The molecule has 26 nitrogen and oxygen atoms in total. The van der Waals surface area contributed by atoms with Crippen molar-refractivity contribution >= 4 is 71.0 Å². The third kappa shape index (κ3) is 22.5. The normalized spacial score (nSPS) is 24.5. The molecule has 2 aliphatic heterocycles. The van der Waals surface area contributed by atoms with Crippen LogP contribution in [0.2, 0.25) is 0 Å². The zero-order valence-corrected chi connectivity index (χ0v) is 49.0. The molecule has 460 valence electrons. The van der Waals surface area contributed by atoms with Crippen LogP contribution >= 0.6 is 0 Å². The highest BCUT2D eigenvalue weighted by atomic mass is 16.2. The number of aliphatic imine (C=N–C) groups is 2. The minimum Gasteiger partial charge on any atom is -0.370 e. The van der Waals surface area contributed by atoms with Crippen molar-refractivity contribution in [1.29, 1.82) is 0 Å². The van der Waals surface area contributed by atoms with Gasteiger partial charge in [0.2, 0.25) is 59.1 Å². The van der Waals surface area contributed by atoms with Gasteiger partial charge in [-0.2, -0.15) is 0 Å². The molecular formula is C57H92N16O10. The van der Waals surface area contributed by atoms with Crippen molar-refractivity contribution in [1.82, 2.24) is 63.8 Å². The van der Waals surface area contributed by atoms with Gasteiger partial charge < -0.3 is 75.3 Å². The summed E-state index contributed by atoms with van der Waals surface area (Å²) in [7, 11) is 3.08. The van der Waals surface area contributed by atoms with Crippen LogP contribution in [0.3, 0.4) is 0 Å². The van der Waals surface area contributed by atoms with Gasteiger partial charge in [0.15, 0.2) is 11.9 Å². The molecule has 26 heteroatoms. The molecule has 0 radical (unpaired) electrons. The lowest BCUT2D eigenvalue weighted by atomic mass is 9.94. The standard InChI is InChI=1S/2C28H44N8O5.CH4/c2*1-6-19-23(38)35-21(18-11-8-7-9-12-18)25(40)31-16-14-28(4,36-22(37)17(2)3)26(41)34-20(24(39)33-19)13-10-15-32-27(29)30-5;/h2*7-9,11-12,17,19-21H,6,10,13-16H2,1-5H3,(H,31,40)(H,33,39)(H,34,41)(H,35,38)(H,36,37)(H3,29,30,32);1H4/t19-,20-,21+,28+;19-,20-,21-,28+;/m00./s1. The Labute approximate surface area is 488 Å². The number of nitrogens with zero attached hydrogens (tertiary/aromatic N) is 2.